The van der Waals surface area contributed by atoms with Crippen molar-refractivity contribution >= 4 is 11.5 Å². The van der Waals surface area contributed by atoms with Crippen LogP contribution in [-0.4, -0.2) is 26.3 Å². The van der Waals surface area contributed by atoms with Crippen LogP contribution in [0, 0.1) is 0 Å². The van der Waals surface area contributed by atoms with E-state index in [9.17, 15) is 4.79 Å². The van der Waals surface area contributed by atoms with Gasteiger partial charge in [0.15, 0.2) is 0 Å². The van der Waals surface area contributed by atoms with Crippen LogP contribution in [0.15, 0.2) is 36.4 Å². The molecule has 1 rings (SSSR count). The lowest BCUT2D eigenvalue weighted by Gasteiger charge is -2.06. The lowest BCUT2D eigenvalue weighted by Crippen LogP contribution is -2.03. The van der Waals surface area contributed by atoms with Crippen molar-refractivity contribution in [3.8, 4) is 0 Å². The number of hydrogen-bond acceptors (Lipinski definition) is 3. The normalized spacial score (nSPS) is 11.2. The number of esters is 1. The molecule has 0 saturated heterocycles. The second-order valence-corrected chi connectivity index (χ2v) is 3.22. The maximum atomic E-state index is 11.3. The first-order chi connectivity index (χ1) is 7.77. The average Bonchev–Trinajstić information content (AvgIpc) is 2.30. The Morgan fingerprint density at radius 1 is 1.31 bits per heavy atom. The molecule has 0 bridgehead atoms. The molecular formula is C13H16O3. The van der Waals surface area contributed by atoms with E-state index in [1.54, 1.807) is 14.0 Å². The molecule has 0 aliphatic rings. The van der Waals surface area contributed by atoms with Crippen molar-refractivity contribution < 1.29 is 14.3 Å². The van der Waals surface area contributed by atoms with Gasteiger partial charge in [-0.1, -0.05) is 30.3 Å². The molecule has 0 aliphatic heterocycles. The molecule has 0 N–H and O–H groups in total. The first-order valence-electron chi connectivity index (χ1n) is 5.19. The summed E-state index contributed by atoms with van der Waals surface area (Å²) in [6, 6.07) is 9.64. The van der Waals surface area contributed by atoms with Gasteiger partial charge in [-0.3, -0.25) is 0 Å². The second-order valence-electron chi connectivity index (χ2n) is 3.22. The van der Waals surface area contributed by atoms with Crippen molar-refractivity contribution in [2.24, 2.45) is 0 Å². The van der Waals surface area contributed by atoms with E-state index in [-0.39, 0.29) is 5.97 Å². The summed E-state index contributed by atoms with van der Waals surface area (Å²) in [6.07, 6.45) is 1.47. The SMILES string of the molecule is CCOC(=O)/C=C(/COC)c1ccccc1. The highest BCUT2D eigenvalue weighted by molar-refractivity contribution is 5.91. The molecule has 0 unspecified atom stereocenters. The van der Waals surface area contributed by atoms with Gasteiger partial charge in [0.25, 0.3) is 0 Å². The van der Waals surface area contributed by atoms with Crippen LogP contribution in [0.2, 0.25) is 0 Å². The first-order valence-corrected chi connectivity index (χ1v) is 5.19. The Morgan fingerprint density at radius 3 is 2.56 bits per heavy atom. The Balaban J connectivity index is 2.86. The number of ether oxygens (including phenoxy) is 2. The molecule has 3 nitrogen and oxygen atoms in total. The van der Waals surface area contributed by atoms with Crippen LogP contribution in [-0.2, 0) is 14.3 Å². The molecule has 1 aromatic rings. The highest BCUT2D eigenvalue weighted by Gasteiger charge is 2.04. The van der Waals surface area contributed by atoms with Crippen molar-refractivity contribution in [2.75, 3.05) is 20.3 Å². The molecule has 86 valence electrons. The maximum absolute atomic E-state index is 11.3. The largest absolute Gasteiger partial charge is 0.463 e. The lowest BCUT2D eigenvalue weighted by atomic mass is 10.1. The standard InChI is InChI=1S/C13H16O3/c1-3-16-13(14)9-12(10-15-2)11-7-5-4-6-8-11/h4-9H,3,10H2,1-2H3/b12-9-. The van der Waals surface area contributed by atoms with Gasteiger partial charge in [0.2, 0.25) is 0 Å². The molecule has 0 fully saturated rings. The van der Waals surface area contributed by atoms with E-state index in [0.29, 0.717) is 13.2 Å². The van der Waals surface area contributed by atoms with Crippen LogP contribution in [0.1, 0.15) is 12.5 Å². The first kappa shape index (κ1) is 12.5. The highest BCUT2D eigenvalue weighted by Crippen LogP contribution is 2.14. The van der Waals surface area contributed by atoms with Crippen molar-refractivity contribution in [3.63, 3.8) is 0 Å². The molecule has 0 atom stereocenters. The summed E-state index contributed by atoms with van der Waals surface area (Å²) < 4.78 is 9.93. The van der Waals surface area contributed by atoms with Crippen LogP contribution in [0.3, 0.4) is 0 Å². The zero-order valence-electron chi connectivity index (χ0n) is 9.60. The molecule has 0 radical (unpaired) electrons. The van der Waals surface area contributed by atoms with Gasteiger partial charge in [-0.15, -0.1) is 0 Å². The number of rotatable bonds is 5. The minimum Gasteiger partial charge on any atom is -0.463 e. The topological polar surface area (TPSA) is 35.5 Å². The fourth-order valence-electron chi connectivity index (χ4n) is 1.34. The summed E-state index contributed by atoms with van der Waals surface area (Å²) in [5, 5.41) is 0. The Bertz CT molecular complexity index is 355. The van der Waals surface area contributed by atoms with Gasteiger partial charge in [-0.2, -0.15) is 0 Å². The molecule has 0 aliphatic carbocycles. The van der Waals surface area contributed by atoms with E-state index in [2.05, 4.69) is 0 Å². The fourth-order valence-corrected chi connectivity index (χ4v) is 1.34. The van der Waals surface area contributed by atoms with Crippen molar-refractivity contribution in [3.05, 3.63) is 42.0 Å². The summed E-state index contributed by atoms with van der Waals surface area (Å²) in [6.45, 7) is 2.55. The summed E-state index contributed by atoms with van der Waals surface area (Å²) in [7, 11) is 1.60. The summed E-state index contributed by atoms with van der Waals surface area (Å²) in [5.74, 6) is -0.335. The number of hydrogen-bond donors (Lipinski definition) is 0. The predicted octanol–water partition coefficient (Wildman–Crippen LogP) is 2.28. The van der Waals surface area contributed by atoms with Gasteiger partial charge >= 0.3 is 5.97 Å². The van der Waals surface area contributed by atoms with Gasteiger partial charge < -0.3 is 9.47 Å². The van der Waals surface area contributed by atoms with Crippen LogP contribution in [0.4, 0.5) is 0 Å². The van der Waals surface area contributed by atoms with E-state index >= 15 is 0 Å². The van der Waals surface area contributed by atoms with Crippen LogP contribution >= 0.6 is 0 Å². The van der Waals surface area contributed by atoms with Gasteiger partial charge in [0.05, 0.1) is 13.2 Å². The Labute approximate surface area is 95.7 Å². The fraction of sp³-hybridized carbons (Fsp3) is 0.308. The molecular weight excluding hydrogens is 204 g/mol. The van der Waals surface area contributed by atoms with Crippen molar-refractivity contribution in [1.29, 1.82) is 0 Å². The van der Waals surface area contributed by atoms with Gasteiger partial charge in [0, 0.05) is 13.2 Å². The highest BCUT2D eigenvalue weighted by atomic mass is 16.5. The molecule has 0 amide bonds. The minimum atomic E-state index is -0.335. The number of carbonyl (C=O) groups excluding carboxylic acids is 1. The van der Waals surface area contributed by atoms with Gasteiger partial charge in [0.1, 0.15) is 0 Å². The molecule has 0 aromatic heterocycles. The third kappa shape index (κ3) is 3.87. The van der Waals surface area contributed by atoms with Gasteiger partial charge in [-0.25, -0.2) is 4.79 Å². The number of carbonyl (C=O) groups is 1. The maximum Gasteiger partial charge on any atom is 0.331 e. The quantitative estimate of drug-likeness (QED) is 0.564. The monoisotopic (exact) mass is 220 g/mol. The molecule has 3 heteroatoms. The third-order valence-electron chi connectivity index (χ3n) is 2.02. The summed E-state index contributed by atoms with van der Waals surface area (Å²) in [4.78, 5) is 11.3. The molecule has 16 heavy (non-hydrogen) atoms. The minimum absolute atomic E-state index is 0.335. The molecule has 0 spiro atoms. The smallest absolute Gasteiger partial charge is 0.331 e. The van der Waals surface area contributed by atoms with E-state index < -0.39 is 0 Å². The van der Waals surface area contributed by atoms with E-state index in [0.717, 1.165) is 11.1 Å². The Kier molecular flexibility index (Phi) is 5.29. The van der Waals surface area contributed by atoms with Crippen LogP contribution < -0.4 is 0 Å². The van der Waals surface area contributed by atoms with Gasteiger partial charge in [-0.05, 0) is 18.1 Å². The number of benzene rings is 1. The van der Waals surface area contributed by atoms with Crippen LogP contribution in [0.25, 0.3) is 5.57 Å². The predicted molar refractivity (Wildman–Crippen MR) is 62.9 cm³/mol. The molecule has 0 saturated carbocycles. The van der Waals surface area contributed by atoms with E-state index in [1.165, 1.54) is 6.08 Å². The molecule has 1 aromatic carbocycles. The zero-order valence-corrected chi connectivity index (χ0v) is 9.60. The third-order valence-corrected chi connectivity index (χ3v) is 2.02. The van der Waals surface area contributed by atoms with E-state index in [1.807, 2.05) is 30.3 Å². The number of methoxy groups -OCH3 is 1. The molecule has 0 heterocycles. The summed E-state index contributed by atoms with van der Waals surface area (Å²) in [5.41, 5.74) is 1.79. The second kappa shape index (κ2) is 6.80. The van der Waals surface area contributed by atoms with Crippen LogP contribution in [0.5, 0.6) is 0 Å². The lowest BCUT2D eigenvalue weighted by molar-refractivity contribution is -0.137. The zero-order chi connectivity index (χ0) is 11.8. The van der Waals surface area contributed by atoms with E-state index in [4.69, 9.17) is 9.47 Å². The Morgan fingerprint density at radius 2 is 2.00 bits per heavy atom. The summed E-state index contributed by atoms with van der Waals surface area (Å²) >= 11 is 0. The van der Waals surface area contributed by atoms with Crippen molar-refractivity contribution in [1.82, 2.24) is 0 Å². The van der Waals surface area contributed by atoms with Crippen molar-refractivity contribution in [2.45, 2.75) is 6.92 Å². The average molecular weight is 220 g/mol. The Hall–Kier alpha value is -1.61.